The van der Waals surface area contributed by atoms with Gasteiger partial charge < -0.3 is 15.1 Å². The predicted molar refractivity (Wildman–Crippen MR) is 106 cm³/mol. The summed E-state index contributed by atoms with van der Waals surface area (Å²) in [5.74, 6) is -0.133. The Hall–Kier alpha value is -2.93. The van der Waals surface area contributed by atoms with Gasteiger partial charge in [0, 0.05) is 23.4 Å². The lowest BCUT2D eigenvalue weighted by atomic mass is 10.1. The van der Waals surface area contributed by atoms with Crippen LogP contribution in [0.4, 0.5) is 5.13 Å². The molecule has 27 heavy (non-hydrogen) atoms. The van der Waals surface area contributed by atoms with Gasteiger partial charge in [0.2, 0.25) is 5.91 Å². The Morgan fingerprint density at radius 1 is 1.15 bits per heavy atom. The lowest BCUT2D eigenvalue weighted by molar-refractivity contribution is -0.116. The molecule has 2 heterocycles. The van der Waals surface area contributed by atoms with Crippen LogP contribution in [0.1, 0.15) is 33.8 Å². The predicted octanol–water partition coefficient (Wildman–Crippen LogP) is 4.17. The van der Waals surface area contributed by atoms with E-state index < -0.39 is 0 Å². The van der Waals surface area contributed by atoms with Gasteiger partial charge in [-0.1, -0.05) is 29.8 Å². The second-order valence-corrected chi connectivity index (χ2v) is 7.38. The summed E-state index contributed by atoms with van der Waals surface area (Å²) in [4.78, 5) is 29.4. The van der Waals surface area contributed by atoms with Gasteiger partial charge in [-0.25, -0.2) is 4.98 Å². The van der Waals surface area contributed by atoms with E-state index in [1.807, 2.05) is 38.1 Å². The third-order valence-electron chi connectivity index (χ3n) is 3.98. The molecule has 0 aliphatic carbocycles. The number of hydrogen-bond donors (Lipinski definition) is 2. The highest BCUT2D eigenvalue weighted by Gasteiger charge is 2.12. The van der Waals surface area contributed by atoms with Crippen LogP contribution in [-0.4, -0.2) is 23.3 Å². The number of benzene rings is 1. The van der Waals surface area contributed by atoms with Crippen molar-refractivity contribution in [1.29, 1.82) is 0 Å². The first kappa shape index (κ1) is 18.8. The summed E-state index contributed by atoms with van der Waals surface area (Å²) in [6.07, 6.45) is 2.29. The molecule has 6 nitrogen and oxygen atoms in total. The molecule has 0 spiro atoms. The normalized spacial score (nSPS) is 10.6. The van der Waals surface area contributed by atoms with E-state index in [1.165, 1.54) is 23.2 Å². The number of anilines is 1. The SMILES string of the molecule is Cc1ccc(-c2nc(NC(=O)CCCNC(=O)c3ccco3)sc2C)cc1. The molecule has 0 radical (unpaired) electrons. The molecular formula is C20H21N3O3S. The van der Waals surface area contributed by atoms with Crippen LogP contribution in [0.25, 0.3) is 11.3 Å². The highest BCUT2D eigenvalue weighted by Crippen LogP contribution is 2.30. The number of hydrogen-bond acceptors (Lipinski definition) is 5. The molecule has 3 rings (SSSR count). The average Bonchev–Trinajstić information content (AvgIpc) is 3.29. The maximum absolute atomic E-state index is 12.1. The minimum Gasteiger partial charge on any atom is -0.459 e. The highest BCUT2D eigenvalue weighted by atomic mass is 32.1. The number of carbonyl (C=O) groups excluding carboxylic acids is 2. The summed E-state index contributed by atoms with van der Waals surface area (Å²) >= 11 is 1.46. The van der Waals surface area contributed by atoms with Crippen molar-refractivity contribution in [1.82, 2.24) is 10.3 Å². The van der Waals surface area contributed by atoms with Crippen LogP contribution in [0.2, 0.25) is 0 Å². The van der Waals surface area contributed by atoms with Gasteiger partial charge in [-0.15, -0.1) is 11.3 Å². The van der Waals surface area contributed by atoms with E-state index in [0.717, 1.165) is 16.1 Å². The number of amides is 2. The molecule has 0 atom stereocenters. The van der Waals surface area contributed by atoms with Gasteiger partial charge in [0.05, 0.1) is 12.0 Å². The van der Waals surface area contributed by atoms with Crippen LogP contribution in [-0.2, 0) is 4.79 Å². The van der Waals surface area contributed by atoms with Crippen molar-refractivity contribution in [3.8, 4) is 11.3 Å². The molecule has 140 valence electrons. The first-order chi connectivity index (χ1) is 13.0. The van der Waals surface area contributed by atoms with Crippen molar-refractivity contribution in [2.24, 2.45) is 0 Å². The maximum atomic E-state index is 12.1. The first-order valence-corrected chi connectivity index (χ1v) is 9.50. The van der Waals surface area contributed by atoms with Gasteiger partial charge >= 0.3 is 0 Å². The summed E-state index contributed by atoms with van der Waals surface area (Å²) in [6.45, 7) is 4.44. The highest BCUT2D eigenvalue weighted by molar-refractivity contribution is 7.16. The minimum atomic E-state index is -0.279. The van der Waals surface area contributed by atoms with E-state index in [1.54, 1.807) is 12.1 Å². The van der Waals surface area contributed by atoms with Crippen LogP contribution < -0.4 is 10.6 Å². The number of carbonyl (C=O) groups is 2. The summed E-state index contributed by atoms with van der Waals surface area (Å²) in [5, 5.41) is 6.15. The van der Waals surface area contributed by atoms with Crippen molar-refractivity contribution >= 4 is 28.3 Å². The zero-order valence-electron chi connectivity index (χ0n) is 15.2. The van der Waals surface area contributed by atoms with E-state index >= 15 is 0 Å². The lowest BCUT2D eigenvalue weighted by Gasteiger charge is -2.03. The third kappa shape index (κ3) is 5.04. The Labute approximate surface area is 161 Å². The van der Waals surface area contributed by atoms with Gasteiger partial charge in [0.1, 0.15) is 0 Å². The second kappa shape index (κ2) is 8.64. The Bertz CT molecular complexity index is 915. The van der Waals surface area contributed by atoms with Crippen LogP contribution in [0.3, 0.4) is 0 Å². The fraction of sp³-hybridized carbons (Fsp3) is 0.250. The smallest absolute Gasteiger partial charge is 0.286 e. The monoisotopic (exact) mass is 383 g/mol. The summed E-state index contributed by atoms with van der Waals surface area (Å²) in [6, 6.07) is 11.4. The van der Waals surface area contributed by atoms with Crippen LogP contribution in [0.5, 0.6) is 0 Å². The number of aromatic nitrogens is 1. The molecule has 0 saturated heterocycles. The molecule has 0 aliphatic rings. The molecule has 0 saturated carbocycles. The van der Waals surface area contributed by atoms with E-state index in [-0.39, 0.29) is 17.6 Å². The van der Waals surface area contributed by atoms with Crippen LogP contribution >= 0.6 is 11.3 Å². The van der Waals surface area contributed by atoms with E-state index in [0.29, 0.717) is 24.5 Å². The fourth-order valence-electron chi connectivity index (χ4n) is 2.56. The Morgan fingerprint density at radius 2 is 1.93 bits per heavy atom. The fourth-order valence-corrected chi connectivity index (χ4v) is 3.41. The molecule has 7 heteroatoms. The number of aryl methyl sites for hydroxylation is 2. The standard InChI is InChI=1S/C20H21N3O3S/c1-13-7-9-15(10-8-13)18-14(2)27-20(23-18)22-17(24)6-3-11-21-19(25)16-5-4-12-26-16/h4-5,7-10,12H,3,6,11H2,1-2H3,(H,21,25)(H,22,23,24). The van der Waals surface area contributed by atoms with E-state index in [2.05, 4.69) is 15.6 Å². The number of nitrogens with one attached hydrogen (secondary N) is 2. The van der Waals surface area contributed by atoms with Crippen molar-refractivity contribution in [2.75, 3.05) is 11.9 Å². The van der Waals surface area contributed by atoms with Gasteiger partial charge in [0.15, 0.2) is 10.9 Å². The Morgan fingerprint density at radius 3 is 2.63 bits per heavy atom. The van der Waals surface area contributed by atoms with Crippen LogP contribution in [0, 0.1) is 13.8 Å². The Kier molecular flexibility index (Phi) is 6.03. The number of nitrogens with zero attached hydrogens (tertiary/aromatic N) is 1. The topological polar surface area (TPSA) is 84.2 Å². The van der Waals surface area contributed by atoms with Gasteiger partial charge in [-0.05, 0) is 32.4 Å². The largest absolute Gasteiger partial charge is 0.459 e. The summed E-state index contributed by atoms with van der Waals surface area (Å²) < 4.78 is 5.01. The maximum Gasteiger partial charge on any atom is 0.286 e. The van der Waals surface area contributed by atoms with Gasteiger partial charge in [-0.2, -0.15) is 0 Å². The summed E-state index contributed by atoms with van der Waals surface area (Å²) in [5.41, 5.74) is 3.12. The van der Waals surface area contributed by atoms with E-state index in [9.17, 15) is 9.59 Å². The lowest BCUT2D eigenvalue weighted by Crippen LogP contribution is -2.25. The molecule has 2 aromatic heterocycles. The second-order valence-electron chi connectivity index (χ2n) is 6.17. The molecule has 0 aliphatic heterocycles. The zero-order valence-corrected chi connectivity index (χ0v) is 16.1. The zero-order chi connectivity index (χ0) is 19.2. The molecule has 0 fully saturated rings. The summed E-state index contributed by atoms with van der Waals surface area (Å²) in [7, 11) is 0. The molecule has 0 unspecified atom stereocenters. The third-order valence-corrected chi connectivity index (χ3v) is 4.87. The van der Waals surface area contributed by atoms with Gasteiger partial charge in [0.25, 0.3) is 5.91 Å². The first-order valence-electron chi connectivity index (χ1n) is 8.69. The molecule has 0 bridgehead atoms. The number of furan rings is 1. The quantitative estimate of drug-likeness (QED) is 0.600. The van der Waals surface area contributed by atoms with Gasteiger partial charge in [-0.3, -0.25) is 9.59 Å². The van der Waals surface area contributed by atoms with Crippen molar-refractivity contribution < 1.29 is 14.0 Å². The number of thiazole rings is 1. The van der Waals surface area contributed by atoms with Crippen molar-refractivity contribution in [3.05, 3.63) is 58.9 Å². The molecule has 2 amide bonds. The van der Waals surface area contributed by atoms with E-state index in [4.69, 9.17) is 4.42 Å². The molecule has 3 aromatic rings. The van der Waals surface area contributed by atoms with Crippen molar-refractivity contribution in [2.45, 2.75) is 26.7 Å². The van der Waals surface area contributed by atoms with Crippen LogP contribution in [0.15, 0.2) is 47.1 Å². The number of rotatable bonds is 7. The minimum absolute atomic E-state index is 0.119. The molecule has 2 N–H and O–H groups in total. The molecular weight excluding hydrogens is 362 g/mol. The Balaban J connectivity index is 1.47. The molecule has 1 aromatic carbocycles. The van der Waals surface area contributed by atoms with Crippen molar-refractivity contribution in [3.63, 3.8) is 0 Å². The average molecular weight is 383 g/mol.